The number of hydrogen-bond acceptors (Lipinski definition) is 2. The monoisotopic (exact) mass is 340 g/mol. The Bertz CT molecular complexity index is 901. The van der Waals surface area contributed by atoms with Crippen molar-refractivity contribution in [3.63, 3.8) is 0 Å². The van der Waals surface area contributed by atoms with Gasteiger partial charge in [0.25, 0.3) is 5.56 Å². The average Bonchev–Trinajstić information content (AvgIpc) is 2.99. The van der Waals surface area contributed by atoms with Gasteiger partial charge in [-0.25, -0.2) is 0 Å². The van der Waals surface area contributed by atoms with E-state index in [0.29, 0.717) is 17.2 Å². The van der Waals surface area contributed by atoms with Gasteiger partial charge in [-0.05, 0) is 43.0 Å². The number of H-pyrrole nitrogens is 1. The molecule has 0 unspecified atom stereocenters. The van der Waals surface area contributed by atoms with Crippen LogP contribution in [-0.4, -0.2) is 9.55 Å². The maximum absolute atomic E-state index is 13.4. The van der Waals surface area contributed by atoms with Gasteiger partial charge >= 0.3 is 0 Å². The van der Waals surface area contributed by atoms with Crippen molar-refractivity contribution < 1.29 is 0 Å². The molecule has 4 heteroatoms. The minimum absolute atomic E-state index is 0.000959. The lowest BCUT2D eigenvalue weighted by atomic mass is 9.68. The van der Waals surface area contributed by atoms with E-state index in [1.807, 2.05) is 6.07 Å². The molecule has 1 heterocycles. The predicted octanol–water partition coefficient (Wildman–Crippen LogP) is 4.60. The molecule has 126 valence electrons. The van der Waals surface area contributed by atoms with Gasteiger partial charge < -0.3 is 4.98 Å². The Morgan fingerprint density at radius 1 is 1.25 bits per heavy atom. The van der Waals surface area contributed by atoms with Crippen LogP contribution in [0.2, 0.25) is 0 Å². The summed E-state index contributed by atoms with van der Waals surface area (Å²) >= 11 is 5.54. The van der Waals surface area contributed by atoms with Gasteiger partial charge in [0.1, 0.15) is 0 Å². The smallest absolute Gasteiger partial charge is 0.258 e. The Hall–Kier alpha value is -1.68. The van der Waals surface area contributed by atoms with E-state index in [1.165, 1.54) is 18.4 Å². The first-order valence-electron chi connectivity index (χ1n) is 8.98. The summed E-state index contributed by atoms with van der Waals surface area (Å²) < 4.78 is 2.34. The second-order valence-corrected chi connectivity index (χ2v) is 8.20. The van der Waals surface area contributed by atoms with E-state index >= 15 is 0 Å². The van der Waals surface area contributed by atoms with Gasteiger partial charge in [0, 0.05) is 23.1 Å². The molecule has 0 aliphatic heterocycles. The molecule has 1 saturated carbocycles. The Morgan fingerprint density at radius 2 is 1.96 bits per heavy atom. The second kappa shape index (κ2) is 5.69. The van der Waals surface area contributed by atoms with Crippen molar-refractivity contribution in [1.82, 2.24) is 9.55 Å². The number of aromatic amines is 1. The molecule has 0 bridgehead atoms. The summed E-state index contributed by atoms with van der Waals surface area (Å²) in [5, 5.41) is 0. The van der Waals surface area contributed by atoms with E-state index in [2.05, 4.69) is 37.0 Å². The van der Waals surface area contributed by atoms with Gasteiger partial charge in [0.15, 0.2) is 4.77 Å². The van der Waals surface area contributed by atoms with Crippen LogP contribution in [0.25, 0.3) is 11.3 Å². The van der Waals surface area contributed by atoms with E-state index in [4.69, 9.17) is 12.2 Å². The van der Waals surface area contributed by atoms with E-state index < -0.39 is 0 Å². The van der Waals surface area contributed by atoms with Crippen molar-refractivity contribution in [3.8, 4) is 11.3 Å². The molecule has 4 rings (SSSR count). The quantitative estimate of drug-likeness (QED) is 0.812. The van der Waals surface area contributed by atoms with Crippen molar-refractivity contribution in [1.29, 1.82) is 0 Å². The number of benzene rings is 1. The molecule has 1 aromatic heterocycles. The fourth-order valence-electron chi connectivity index (χ4n) is 4.65. The highest BCUT2D eigenvalue weighted by Gasteiger charge is 2.43. The number of fused-ring (bicyclic) bond motifs is 4. The number of nitrogens with zero attached hydrogens (tertiary/aromatic N) is 1. The average molecular weight is 340 g/mol. The molecular weight excluding hydrogens is 316 g/mol. The van der Waals surface area contributed by atoms with Crippen molar-refractivity contribution >= 4 is 12.2 Å². The van der Waals surface area contributed by atoms with Crippen LogP contribution in [0, 0.1) is 10.7 Å². The zero-order valence-corrected chi connectivity index (χ0v) is 15.2. The van der Waals surface area contributed by atoms with E-state index in [1.54, 1.807) is 4.57 Å². The zero-order valence-electron chi connectivity index (χ0n) is 14.4. The molecule has 0 saturated heterocycles. The molecule has 0 amide bonds. The molecule has 0 radical (unpaired) electrons. The molecule has 2 aliphatic rings. The summed E-state index contributed by atoms with van der Waals surface area (Å²) in [7, 11) is 0. The molecular formula is C20H24N2OS. The van der Waals surface area contributed by atoms with Crippen molar-refractivity contribution in [2.45, 2.75) is 57.9 Å². The summed E-state index contributed by atoms with van der Waals surface area (Å²) in [6.07, 6.45) is 5.62. The highest BCUT2D eigenvalue weighted by Crippen LogP contribution is 2.49. The number of rotatable bonds is 2. The zero-order chi connectivity index (χ0) is 16.9. The van der Waals surface area contributed by atoms with Crippen molar-refractivity contribution in [2.75, 3.05) is 0 Å². The van der Waals surface area contributed by atoms with E-state index in [0.717, 1.165) is 36.1 Å². The third-order valence-electron chi connectivity index (χ3n) is 5.64. The first kappa shape index (κ1) is 15.8. The second-order valence-electron chi connectivity index (χ2n) is 7.81. The Balaban J connectivity index is 2.04. The summed E-state index contributed by atoms with van der Waals surface area (Å²) in [5.41, 5.74) is 4.61. The van der Waals surface area contributed by atoms with Crippen LogP contribution < -0.4 is 5.56 Å². The van der Waals surface area contributed by atoms with Gasteiger partial charge in [-0.15, -0.1) is 0 Å². The normalized spacial score (nSPS) is 18.0. The van der Waals surface area contributed by atoms with Crippen LogP contribution in [0.5, 0.6) is 0 Å². The van der Waals surface area contributed by atoms with Crippen LogP contribution in [-0.2, 0) is 18.4 Å². The largest absolute Gasteiger partial charge is 0.331 e. The molecule has 2 aromatic rings. The topological polar surface area (TPSA) is 37.8 Å². The highest BCUT2D eigenvalue weighted by molar-refractivity contribution is 7.71. The lowest BCUT2D eigenvalue weighted by Gasteiger charge is -2.36. The Labute approximate surface area is 147 Å². The Kier molecular flexibility index (Phi) is 3.75. The number of nitrogens with one attached hydrogen (secondary N) is 1. The summed E-state index contributed by atoms with van der Waals surface area (Å²) in [4.78, 5) is 16.8. The lowest BCUT2D eigenvalue weighted by molar-refractivity contribution is 0.413. The maximum Gasteiger partial charge on any atom is 0.258 e. The Morgan fingerprint density at radius 3 is 2.67 bits per heavy atom. The summed E-state index contributed by atoms with van der Waals surface area (Å²) in [6, 6.07) is 8.47. The molecule has 1 aromatic carbocycles. The van der Waals surface area contributed by atoms with Crippen LogP contribution in [0.1, 0.15) is 50.7 Å². The van der Waals surface area contributed by atoms with Gasteiger partial charge in [0.05, 0.1) is 5.69 Å². The minimum atomic E-state index is -0.000959. The first-order valence-corrected chi connectivity index (χ1v) is 9.38. The fraction of sp³-hybridized carbons (Fsp3) is 0.500. The van der Waals surface area contributed by atoms with Crippen LogP contribution in [0.15, 0.2) is 29.1 Å². The van der Waals surface area contributed by atoms with Gasteiger partial charge in [-0.1, -0.05) is 51.0 Å². The molecule has 2 aliphatic carbocycles. The highest BCUT2D eigenvalue weighted by atomic mass is 32.1. The minimum Gasteiger partial charge on any atom is -0.331 e. The predicted molar refractivity (Wildman–Crippen MR) is 100 cm³/mol. The summed E-state index contributed by atoms with van der Waals surface area (Å²) in [6.45, 7) is 4.93. The molecule has 1 spiro atoms. The van der Waals surface area contributed by atoms with Crippen molar-refractivity contribution in [3.05, 3.63) is 50.5 Å². The molecule has 3 nitrogen and oxygen atoms in total. The lowest BCUT2D eigenvalue weighted by Crippen LogP contribution is -2.40. The third kappa shape index (κ3) is 2.31. The third-order valence-corrected chi connectivity index (χ3v) is 5.96. The molecule has 1 fully saturated rings. The summed E-state index contributed by atoms with van der Waals surface area (Å²) in [5.74, 6) is 0.395. The number of hydrogen-bond donors (Lipinski definition) is 1. The first-order chi connectivity index (χ1) is 11.5. The SMILES string of the molecule is CC(C)Cn1c(=S)[nH]c2c(c1=O)C1(CCCC1)Cc1ccccc1-2. The fourth-order valence-corrected chi connectivity index (χ4v) is 4.91. The van der Waals surface area contributed by atoms with E-state index in [-0.39, 0.29) is 11.0 Å². The molecule has 24 heavy (non-hydrogen) atoms. The number of aromatic nitrogens is 2. The molecule has 1 N–H and O–H groups in total. The van der Waals surface area contributed by atoms with Crippen molar-refractivity contribution in [2.24, 2.45) is 5.92 Å². The van der Waals surface area contributed by atoms with Crippen LogP contribution >= 0.6 is 12.2 Å². The molecule has 0 atom stereocenters. The maximum atomic E-state index is 13.4. The van der Waals surface area contributed by atoms with Gasteiger partial charge in [0.2, 0.25) is 0 Å². The standard InChI is InChI=1S/C20H24N2OS/c1-13(2)12-22-18(23)16-17(21-19(22)24)15-8-4-3-7-14(15)11-20(16)9-5-6-10-20/h3-4,7-8,13H,5-6,9-12H2,1-2H3,(H,21,24). The van der Waals surface area contributed by atoms with Gasteiger partial charge in [-0.2, -0.15) is 0 Å². The van der Waals surface area contributed by atoms with Gasteiger partial charge in [-0.3, -0.25) is 9.36 Å². The van der Waals surface area contributed by atoms with Crippen LogP contribution in [0.4, 0.5) is 0 Å². The van der Waals surface area contributed by atoms with Crippen LogP contribution in [0.3, 0.4) is 0 Å². The van der Waals surface area contributed by atoms with E-state index in [9.17, 15) is 4.79 Å².